The van der Waals surface area contributed by atoms with E-state index in [4.69, 9.17) is 4.74 Å². The van der Waals surface area contributed by atoms with Crippen LogP contribution >= 0.6 is 0 Å². The lowest BCUT2D eigenvalue weighted by Crippen LogP contribution is -2.29. The van der Waals surface area contributed by atoms with Crippen molar-refractivity contribution in [1.29, 1.82) is 0 Å². The summed E-state index contributed by atoms with van der Waals surface area (Å²) in [5.74, 6) is 0. The van der Waals surface area contributed by atoms with Crippen LogP contribution in [0.15, 0.2) is 42.9 Å². The van der Waals surface area contributed by atoms with Gasteiger partial charge in [0.1, 0.15) is 5.69 Å². The number of ether oxygens (including phenoxy) is 1. The molecule has 1 saturated carbocycles. The standard InChI is InChI=1S/C19H20N4O/c1-5-19(6-1)9-17(24-13-19)11-23-12-18(21-22-23)15-2-3-16-10-20-7-4-14(16)8-15/h2-4,7-8,10,12,17H,1,5-6,9,11,13H2. The molecule has 5 nitrogen and oxygen atoms in total. The molecule has 122 valence electrons. The van der Waals surface area contributed by atoms with Gasteiger partial charge in [-0.05, 0) is 42.2 Å². The quantitative estimate of drug-likeness (QED) is 0.741. The summed E-state index contributed by atoms with van der Waals surface area (Å²) in [6.45, 7) is 1.73. The van der Waals surface area contributed by atoms with Crippen LogP contribution in [0.4, 0.5) is 0 Å². The SMILES string of the molecule is c1cc2cc(-c3cn(CC4CC5(CCC5)CO4)nn3)ccc2cn1. The van der Waals surface area contributed by atoms with Gasteiger partial charge < -0.3 is 4.74 Å². The Labute approximate surface area is 140 Å². The average Bonchev–Trinajstić information content (AvgIpc) is 3.22. The molecule has 1 aromatic carbocycles. The Balaban J connectivity index is 1.34. The van der Waals surface area contributed by atoms with Gasteiger partial charge in [-0.25, -0.2) is 4.68 Å². The van der Waals surface area contributed by atoms with Crippen molar-refractivity contribution in [3.8, 4) is 11.3 Å². The lowest BCUT2D eigenvalue weighted by atomic mass is 9.68. The minimum Gasteiger partial charge on any atom is -0.376 e. The summed E-state index contributed by atoms with van der Waals surface area (Å²) in [7, 11) is 0. The van der Waals surface area contributed by atoms with Crippen LogP contribution in [0.25, 0.3) is 22.0 Å². The van der Waals surface area contributed by atoms with Gasteiger partial charge in [0, 0.05) is 23.3 Å². The summed E-state index contributed by atoms with van der Waals surface area (Å²) in [5, 5.41) is 11.0. The Bertz CT molecular complexity index is 884. The van der Waals surface area contributed by atoms with Crippen LogP contribution in [0.1, 0.15) is 25.7 Å². The molecule has 2 aliphatic rings. The molecular weight excluding hydrogens is 300 g/mol. The fraction of sp³-hybridized carbons (Fsp3) is 0.421. The second kappa shape index (κ2) is 5.38. The van der Waals surface area contributed by atoms with Gasteiger partial charge >= 0.3 is 0 Å². The number of pyridine rings is 1. The Morgan fingerprint density at radius 3 is 3.00 bits per heavy atom. The maximum atomic E-state index is 5.99. The molecule has 1 saturated heterocycles. The van der Waals surface area contributed by atoms with Crippen molar-refractivity contribution >= 4 is 10.8 Å². The van der Waals surface area contributed by atoms with Crippen LogP contribution in [-0.2, 0) is 11.3 Å². The zero-order valence-corrected chi connectivity index (χ0v) is 13.6. The number of hydrogen-bond donors (Lipinski definition) is 0. The molecule has 1 atom stereocenters. The topological polar surface area (TPSA) is 52.8 Å². The molecule has 5 rings (SSSR count). The molecule has 3 aromatic rings. The molecule has 1 aliphatic carbocycles. The van der Waals surface area contributed by atoms with Crippen LogP contribution in [0.5, 0.6) is 0 Å². The van der Waals surface area contributed by atoms with E-state index < -0.39 is 0 Å². The van der Waals surface area contributed by atoms with E-state index >= 15 is 0 Å². The average molecular weight is 320 g/mol. The van der Waals surface area contributed by atoms with E-state index in [9.17, 15) is 0 Å². The second-order valence-corrected chi connectivity index (χ2v) is 7.25. The predicted molar refractivity (Wildman–Crippen MR) is 91.4 cm³/mol. The molecule has 2 aromatic heterocycles. The molecule has 0 amide bonds. The van der Waals surface area contributed by atoms with Crippen molar-refractivity contribution in [2.45, 2.75) is 38.3 Å². The molecule has 1 spiro atoms. The molecule has 1 aliphatic heterocycles. The Morgan fingerprint density at radius 1 is 1.21 bits per heavy atom. The molecule has 24 heavy (non-hydrogen) atoms. The molecule has 0 radical (unpaired) electrons. The van der Waals surface area contributed by atoms with Crippen molar-refractivity contribution < 1.29 is 4.74 Å². The van der Waals surface area contributed by atoms with E-state index in [0.29, 0.717) is 5.41 Å². The van der Waals surface area contributed by atoms with Gasteiger partial charge in [0.15, 0.2) is 0 Å². The maximum absolute atomic E-state index is 5.99. The fourth-order valence-corrected chi connectivity index (χ4v) is 4.01. The lowest BCUT2D eigenvalue weighted by molar-refractivity contribution is 0.0615. The fourth-order valence-electron chi connectivity index (χ4n) is 4.01. The van der Waals surface area contributed by atoms with E-state index in [2.05, 4.69) is 33.5 Å². The van der Waals surface area contributed by atoms with Gasteiger partial charge in [-0.1, -0.05) is 23.8 Å². The predicted octanol–water partition coefficient (Wildman–Crippen LogP) is 3.45. The number of benzene rings is 1. The van der Waals surface area contributed by atoms with Gasteiger partial charge in [-0.2, -0.15) is 0 Å². The number of aromatic nitrogens is 4. The van der Waals surface area contributed by atoms with Crippen molar-refractivity contribution in [2.75, 3.05) is 6.61 Å². The molecule has 1 unspecified atom stereocenters. The van der Waals surface area contributed by atoms with E-state index in [-0.39, 0.29) is 6.10 Å². The first-order chi connectivity index (χ1) is 11.8. The van der Waals surface area contributed by atoms with Crippen molar-refractivity contribution in [3.05, 3.63) is 42.9 Å². The van der Waals surface area contributed by atoms with Gasteiger partial charge in [-0.15, -0.1) is 5.10 Å². The largest absolute Gasteiger partial charge is 0.376 e. The van der Waals surface area contributed by atoms with Crippen LogP contribution in [0.3, 0.4) is 0 Å². The first kappa shape index (κ1) is 14.1. The monoisotopic (exact) mass is 320 g/mol. The summed E-state index contributed by atoms with van der Waals surface area (Å²) < 4.78 is 7.92. The Hall–Kier alpha value is -2.27. The molecule has 5 heteroatoms. The molecule has 3 heterocycles. The lowest BCUT2D eigenvalue weighted by Gasteiger charge is -2.36. The maximum Gasteiger partial charge on any atom is 0.113 e. The smallest absolute Gasteiger partial charge is 0.113 e. The van der Waals surface area contributed by atoms with E-state index in [0.717, 1.165) is 29.8 Å². The van der Waals surface area contributed by atoms with Crippen molar-refractivity contribution in [3.63, 3.8) is 0 Å². The second-order valence-electron chi connectivity index (χ2n) is 7.25. The summed E-state index contributed by atoms with van der Waals surface area (Å²) >= 11 is 0. The molecule has 0 bridgehead atoms. The zero-order valence-electron chi connectivity index (χ0n) is 13.6. The molecule has 2 fully saturated rings. The number of rotatable bonds is 3. The van der Waals surface area contributed by atoms with Crippen molar-refractivity contribution in [2.24, 2.45) is 5.41 Å². The Morgan fingerprint density at radius 2 is 2.17 bits per heavy atom. The summed E-state index contributed by atoms with van der Waals surface area (Å²) in [6, 6.07) is 8.32. The number of hydrogen-bond acceptors (Lipinski definition) is 4. The summed E-state index contributed by atoms with van der Waals surface area (Å²) in [4.78, 5) is 4.15. The third-order valence-electron chi connectivity index (χ3n) is 5.57. The highest BCUT2D eigenvalue weighted by atomic mass is 16.5. The van der Waals surface area contributed by atoms with Gasteiger partial charge in [0.05, 0.1) is 25.5 Å². The van der Waals surface area contributed by atoms with Gasteiger partial charge in [-0.3, -0.25) is 4.98 Å². The Kier molecular flexibility index (Phi) is 3.16. The highest BCUT2D eigenvalue weighted by Crippen LogP contribution is 2.49. The van der Waals surface area contributed by atoms with E-state index in [1.54, 1.807) is 0 Å². The third kappa shape index (κ3) is 2.40. The van der Waals surface area contributed by atoms with Crippen LogP contribution in [-0.4, -0.2) is 32.7 Å². The summed E-state index contributed by atoms with van der Waals surface area (Å²) in [5.41, 5.74) is 2.48. The minimum atomic E-state index is 0.280. The van der Waals surface area contributed by atoms with Gasteiger partial charge in [0.25, 0.3) is 0 Å². The molecular formula is C19H20N4O. The van der Waals surface area contributed by atoms with Crippen LogP contribution in [0, 0.1) is 5.41 Å². The number of fused-ring (bicyclic) bond motifs is 1. The highest BCUT2D eigenvalue weighted by molar-refractivity contribution is 5.85. The van der Waals surface area contributed by atoms with Crippen LogP contribution < -0.4 is 0 Å². The van der Waals surface area contributed by atoms with E-state index in [1.165, 1.54) is 31.1 Å². The normalized spacial score (nSPS) is 22.1. The highest BCUT2D eigenvalue weighted by Gasteiger charge is 2.44. The molecule has 0 N–H and O–H groups in total. The minimum absolute atomic E-state index is 0.280. The first-order valence-electron chi connectivity index (χ1n) is 8.66. The summed E-state index contributed by atoms with van der Waals surface area (Å²) in [6.07, 6.45) is 11.2. The zero-order chi connectivity index (χ0) is 16.0. The third-order valence-corrected chi connectivity index (χ3v) is 5.57. The first-order valence-corrected chi connectivity index (χ1v) is 8.66. The van der Waals surface area contributed by atoms with Crippen LogP contribution in [0.2, 0.25) is 0 Å². The van der Waals surface area contributed by atoms with E-state index in [1.807, 2.05) is 29.3 Å². The van der Waals surface area contributed by atoms with Crippen molar-refractivity contribution in [1.82, 2.24) is 20.0 Å². The van der Waals surface area contributed by atoms with Gasteiger partial charge in [0.2, 0.25) is 0 Å². The number of nitrogens with zero attached hydrogens (tertiary/aromatic N) is 4.